The summed E-state index contributed by atoms with van der Waals surface area (Å²) in [5, 5.41) is 0. The first-order valence-corrected chi connectivity index (χ1v) is 5.52. The molecule has 0 saturated heterocycles. The lowest BCUT2D eigenvalue weighted by molar-refractivity contribution is 0.338. The highest BCUT2D eigenvalue weighted by Crippen LogP contribution is 2.24. The zero-order valence-corrected chi connectivity index (χ0v) is 9.96. The van der Waals surface area contributed by atoms with E-state index >= 15 is 0 Å². The summed E-state index contributed by atoms with van der Waals surface area (Å²) < 4.78 is 11.0. The van der Waals surface area contributed by atoms with Crippen molar-refractivity contribution in [2.45, 2.75) is 6.92 Å². The maximum Gasteiger partial charge on any atom is 0.240 e. The Bertz CT molecular complexity index is 519. The Kier molecular flexibility index (Phi) is 3.93. The number of nitrogen functional groups attached to an aromatic ring is 1. The van der Waals surface area contributed by atoms with Crippen LogP contribution in [0.4, 0.5) is 5.95 Å². The molecule has 0 saturated carbocycles. The summed E-state index contributed by atoms with van der Waals surface area (Å²) in [6.45, 7) is 2.54. The number of rotatable bonds is 5. The van der Waals surface area contributed by atoms with Crippen molar-refractivity contribution in [2.75, 3.05) is 12.0 Å². The van der Waals surface area contributed by atoms with Crippen LogP contribution in [-0.2, 0) is 0 Å². The number of benzene rings is 1. The first kappa shape index (κ1) is 12.1. The number of hydrogen-bond acceptors (Lipinski definition) is 6. The van der Waals surface area contributed by atoms with Crippen molar-refractivity contribution >= 4 is 5.95 Å². The molecule has 0 unspecified atom stereocenters. The van der Waals surface area contributed by atoms with Crippen molar-refractivity contribution in [1.29, 1.82) is 0 Å². The van der Waals surface area contributed by atoms with Crippen molar-refractivity contribution < 1.29 is 9.47 Å². The molecule has 6 heteroatoms. The van der Waals surface area contributed by atoms with E-state index in [1.165, 1.54) is 0 Å². The number of ether oxygens (including phenoxy) is 2. The summed E-state index contributed by atoms with van der Waals surface area (Å²) in [5.41, 5.74) is 2.36. The fourth-order valence-electron chi connectivity index (χ4n) is 1.38. The smallest absolute Gasteiger partial charge is 0.240 e. The third-order valence-corrected chi connectivity index (χ3v) is 2.10. The summed E-state index contributed by atoms with van der Waals surface area (Å²) >= 11 is 0. The molecule has 2 rings (SSSR count). The van der Waals surface area contributed by atoms with Crippen molar-refractivity contribution in [3.63, 3.8) is 0 Å². The normalized spacial score (nSPS) is 9.89. The van der Waals surface area contributed by atoms with Gasteiger partial charge in [0.15, 0.2) is 0 Å². The summed E-state index contributed by atoms with van der Waals surface area (Å²) in [6, 6.07) is 8.97. The Hall–Kier alpha value is -2.34. The van der Waals surface area contributed by atoms with Crippen molar-refractivity contribution in [2.24, 2.45) is 5.84 Å². The van der Waals surface area contributed by atoms with Gasteiger partial charge in [-0.2, -0.15) is 4.98 Å². The molecule has 1 aromatic heterocycles. The molecule has 0 aliphatic carbocycles. The van der Waals surface area contributed by atoms with Crippen LogP contribution < -0.4 is 20.7 Å². The maximum atomic E-state index is 5.58. The Labute approximate surface area is 105 Å². The molecule has 94 valence electrons. The third kappa shape index (κ3) is 3.08. The van der Waals surface area contributed by atoms with Gasteiger partial charge in [-0.15, -0.1) is 0 Å². The van der Waals surface area contributed by atoms with Crippen LogP contribution in [-0.4, -0.2) is 16.6 Å². The lowest BCUT2D eigenvalue weighted by Gasteiger charge is -2.07. The van der Waals surface area contributed by atoms with Crippen LogP contribution in [0.5, 0.6) is 17.4 Å². The average molecular weight is 246 g/mol. The third-order valence-electron chi connectivity index (χ3n) is 2.10. The largest absolute Gasteiger partial charge is 0.494 e. The molecular weight excluding hydrogens is 232 g/mol. The van der Waals surface area contributed by atoms with Crippen LogP contribution in [0.2, 0.25) is 0 Å². The van der Waals surface area contributed by atoms with Gasteiger partial charge in [0.2, 0.25) is 11.8 Å². The van der Waals surface area contributed by atoms with Gasteiger partial charge in [0, 0.05) is 18.3 Å². The molecule has 0 fully saturated rings. The van der Waals surface area contributed by atoms with Crippen LogP contribution in [0.15, 0.2) is 36.5 Å². The molecule has 1 heterocycles. The Balaban J connectivity index is 2.14. The summed E-state index contributed by atoms with van der Waals surface area (Å²) in [6.07, 6.45) is 1.56. The van der Waals surface area contributed by atoms with Crippen LogP contribution in [0.25, 0.3) is 0 Å². The zero-order chi connectivity index (χ0) is 12.8. The van der Waals surface area contributed by atoms with E-state index in [4.69, 9.17) is 15.3 Å². The minimum absolute atomic E-state index is 0.300. The van der Waals surface area contributed by atoms with Crippen molar-refractivity contribution in [3.8, 4) is 17.4 Å². The molecule has 0 aliphatic rings. The molecule has 0 aliphatic heterocycles. The number of aromatic nitrogens is 2. The molecule has 0 bridgehead atoms. The molecule has 3 N–H and O–H groups in total. The molecule has 0 spiro atoms. The first-order chi connectivity index (χ1) is 8.81. The van der Waals surface area contributed by atoms with Crippen LogP contribution >= 0.6 is 0 Å². The van der Waals surface area contributed by atoms with Gasteiger partial charge < -0.3 is 9.47 Å². The Morgan fingerprint density at radius 2 is 2.11 bits per heavy atom. The number of hydrazine groups is 1. The van der Waals surface area contributed by atoms with Gasteiger partial charge in [-0.05, 0) is 19.1 Å². The van der Waals surface area contributed by atoms with E-state index in [9.17, 15) is 0 Å². The molecule has 2 aromatic rings. The fourth-order valence-corrected chi connectivity index (χ4v) is 1.38. The van der Waals surface area contributed by atoms with E-state index in [0.29, 0.717) is 24.2 Å². The molecule has 6 nitrogen and oxygen atoms in total. The van der Waals surface area contributed by atoms with Crippen LogP contribution in [0.3, 0.4) is 0 Å². The number of nitrogens with two attached hydrogens (primary N) is 1. The number of hydrogen-bond donors (Lipinski definition) is 2. The second kappa shape index (κ2) is 5.83. The first-order valence-electron chi connectivity index (χ1n) is 5.52. The molecule has 0 atom stereocenters. The number of nitrogens with one attached hydrogen (secondary N) is 1. The molecule has 1 aromatic carbocycles. The highest BCUT2D eigenvalue weighted by molar-refractivity contribution is 5.36. The van der Waals surface area contributed by atoms with E-state index in [2.05, 4.69) is 15.4 Å². The fraction of sp³-hybridized carbons (Fsp3) is 0.167. The average Bonchev–Trinajstić information content (AvgIpc) is 2.40. The van der Waals surface area contributed by atoms with Gasteiger partial charge >= 0.3 is 0 Å². The highest BCUT2D eigenvalue weighted by atomic mass is 16.5. The number of anilines is 1. The second-order valence-corrected chi connectivity index (χ2v) is 3.37. The minimum atomic E-state index is 0.300. The van der Waals surface area contributed by atoms with Crippen LogP contribution in [0, 0.1) is 0 Å². The standard InChI is InChI=1S/C12H14N4O2/c1-2-17-9-4-3-5-10(8-9)18-11-6-7-14-12(15-11)16-13/h3-8H,2,13H2,1H3,(H,14,15,16). The summed E-state index contributed by atoms with van der Waals surface area (Å²) in [7, 11) is 0. The van der Waals surface area contributed by atoms with Gasteiger partial charge in [0.25, 0.3) is 0 Å². The zero-order valence-electron chi connectivity index (χ0n) is 9.96. The van der Waals surface area contributed by atoms with Gasteiger partial charge in [-0.25, -0.2) is 10.8 Å². The second-order valence-electron chi connectivity index (χ2n) is 3.37. The molecule has 18 heavy (non-hydrogen) atoms. The number of nitrogens with zero attached hydrogens (tertiary/aromatic N) is 2. The molecular formula is C12H14N4O2. The maximum absolute atomic E-state index is 5.58. The molecule has 0 amide bonds. The van der Waals surface area contributed by atoms with Crippen LogP contribution in [0.1, 0.15) is 6.92 Å². The SMILES string of the molecule is CCOc1cccc(Oc2ccnc(NN)n2)c1. The van der Waals surface area contributed by atoms with Gasteiger partial charge in [-0.3, -0.25) is 5.43 Å². The van der Waals surface area contributed by atoms with E-state index < -0.39 is 0 Å². The summed E-state index contributed by atoms with van der Waals surface area (Å²) in [5.74, 6) is 7.33. The predicted octanol–water partition coefficient (Wildman–Crippen LogP) is 1.95. The van der Waals surface area contributed by atoms with Crippen molar-refractivity contribution in [3.05, 3.63) is 36.5 Å². The lowest BCUT2D eigenvalue weighted by atomic mass is 10.3. The Morgan fingerprint density at radius 1 is 1.28 bits per heavy atom. The monoisotopic (exact) mass is 246 g/mol. The minimum Gasteiger partial charge on any atom is -0.494 e. The van der Waals surface area contributed by atoms with Gasteiger partial charge in [0.1, 0.15) is 11.5 Å². The van der Waals surface area contributed by atoms with Gasteiger partial charge in [-0.1, -0.05) is 6.07 Å². The van der Waals surface area contributed by atoms with E-state index in [-0.39, 0.29) is 0 Å². The van der Waals surface area contributed by atoms with E-state index in [1.807, 2.05) is 25.1 Å². The Morgan fingerprint density at radius 3 is 2.89 bits per heavy atom. The predicted molar refractivity (Wildman–Crippen MR) is 67.5 cm³/mol. The van der Waals surface area contributed by atoms with Gasteiger partial charge in [0.05, 0.1) is 6.61 Å². The molecule has 0 radical (unpaired) electrons. The quantitative estimate of drug-likeness (QED) is 0.620. The highest BCUT2D eigenvalue weighted by Gasteiger charge is 2.02. The van der Waals surface area contributed by atoms with Crippen molar-refractivity contribution in [1.82, 2.24) is 9.97 Å². The topological polar surface area (TPSA) is 82.3 Å². The lowest BCUT2D eigenvalue weighted by Crippen LogP contribution is -2.10. The van der Waals surface area contributed by atoms with E-state index in [0.717, 1.165) is 5.75 Å². The van der Waals surface area contributed by atoms with E-state index in [1.54, 1.807) is 18.3 Å². The summed E-state index contributed by atoms with van der Waals surface area (Å²) in [4.78, 5) is 7.95.